The molecule has 168 valence electrons. The molecule has 0 aliphatic rings. The van der Waals surface area contributed by atoms with E-state index < -0.39 is 0 Å². The van der Waals surface area contributed by atoms with E-state index >= 15 is 0 Å². The van der Waals surface area contributed by atoms with Crippen LogP contribution in [-0.4, -0.2) is 51.7 Å². The second kappa shape index (κ2) is 10.4. The van der Waals surface area contributed by atoms with Gasteiger partial charge in [-0.2, -0.15) is 10.1 Å². The lowest BCUT2D eigenvalue weighted by atomic mass is 10.1. The molecule has 1 atom stereocenters. The second-order valence-corrected chi connectivity index (χ2v) is 7.39. The number of aromatic nitrogens is 4. The highest BCUT2D eigenvalue weighted by molar-refractivity contribution is 5.86. The van der Waals surface area contributed by atoms with Crippen molar-refractivity contribution in [1.82, 2.24) is 25.1 Å². The van der Waals surface area contributed by atoms with E-state index in [2.05, 4.69) is 32.6 Å². The van der Waals surface area contributed by atoms with Crippen LogP contribution < -0.4 is 21.1 Å². The molecule has 0 bridgehead atoms. The number of methoxy groups -OCH3 is 1. The molecule has 2 heterocycles. The highest BCUT2D eigenvalue weighted by Gasteiger charge is 2.18. The van der Waals surface area contributed by atoms with Crippen molar-refractivity contribution in [2.24, 2.45) is 0 Å². The molecule has 9 nitrogen and oxygen atoms in total. The van der Waals surface area contributed by atoms with Crippen LogP contribution in [0.15, 0.2) is 18.3 Å². The monoisotopic (exact) mass is 431 g/mol. The van der Waals surface area contributed by atoms with E-state index in [9.17, 15) is 9.50 Å². The molecule has 1 unspecified atom stereocenters. The standard InChI is InChI=1S/C21H30FN7O2/c1-4-5-15(6-7-30)26-20-19-17(27-21(23)28-20)11-25-29(19)12-14-8-13(10-24-2)16(22)9-18(14)31-3/h8-9,11,15,24,30H,4-7,10,12H2,1-3H3,(H3,23,26,27,28). The molecule has 0 amide bonds. The maximum absolute atomic E-state index is 14.3. The van der Waals surface area contributed by atoms with Crippen molar-refractivity contribution in [2.75, 3.05) is 31.8 Å². The molecule has 0 saturated carbocycles. The van der Waals surface area contributed by atoms with Crippen LogP contribution in [0.2, 0.25) is 0 Å². The zero-order valence-corrected chi connectivity index (χ0v) is 18.2. The van der Waals surface area contributed by atoms with Crippen LogP contribution in [0.5, 0.6) is 5.75 Å². The van der Waals surface area contributed by atoms with Gasteiger partial charge in [0.1, 0.15) is 22.6 Å². The minimum absolute atomic E-state index is 0.0402. The Kier molecular flexibility index (Phi) is 7.59. The third-order valence-corrected chi connectivity index (χ3v) is 5.10. The number of rotatable bonds is 11. The van der Waals surface area contributed by atoms with E-state index in [4.69, 9.17) is 10.5 Å². The van der Waals surface area contributed by atoms with Crippen molar-refractivity contribution in [3.63, 3.8) is 0 Å². The summed E-state index contributed by atoms with van der Waals surface area (Å²) in [6.07, 6.45) is 4.05. The number of halogens is 1. The fraction of sp³-hybridized carbons (Fsp3) is 0.476. The average molecular weight is 432 g/mol. The maximum Gasteiger partial charge on any atom is 0.222 e. The third-order valence-electron chi connectivity index (χ3n) is 5.10. The van der Waals surface area contributed by atoms with Crippen LogP contribution in [0.3, 0.4) is 0 Å². The predicted molar refractivity (Wildman–Crippen MR) is 119 cm³/mol. The summed E-state index contributed by atoms with van der Waals surface area (Å²) >= 11 is 0. The first-order chi connectivity index (χ1) is 15.0. The second-order valence-electron chi connectivity index (χ2n) is 7.39. The minimum Gasteiger partial charge on any atom is -0.496 e. The highest BCUT2D eigenvalue weighted by Crippen LogP contribution is 2.28. The molecule has 3 aromatic rings. The molecule has 1 aromatic carbocycles. The largest absolute Gasteiger partial charge is 0.496 e. The summed E-state index contributed by atoms with van der Waals surface area (Å²) in [6.45, 7) is 2.89. The number of nitrogens with zero attached hydrogens (tertiary/aromatic N) is 4. The van der Waals surface area contributed by atoms with Gasteiger partial charge in [0.2, 0.25) is 5.95 Å². The lowest BCUT2D eigenvalue weighted by molar-refractivity contribution is 0.276. The van der Waals surface area contributed by atoms with Gasteiger partial charge >= 0.3 is 0 Å². The van der Waals surface area contributed by atoms with Gasteiger partial charge in [-0.15, -0.1) is 0 Å². The zero-order chi connectivity index (χ0) is 22.4. The number of nitrogen functional groups attached to an aromatic ring is 1. The molecule has 5 N–H and O–H groups in total. The van der Waals surface area contributed by atoms with E-state index in [1.807, 2.05) is 0 Å². The Balaban J connectivity index is 2.03. The average Bonchev–Trinajstić information content (AvgIpc) is 3.13. The summed E-state index contributed by atoms with van der Waals surface area (Å²) in [5, 5.41) is 20.2. The number of anilines is 2. The molecule has 0 radical (unpaired) electrons. The summed E-state index contributed by atoms with van der Waals surface area (Å²) in [6, 6.07) is 3.20. The topological polar surface area (TPSA) is 123 Å². The van der Waals surface area contributed by atoms with E-state index in [0.29, 0.717) is 47.7 Å². The Bertz CT molecular complexity index is 1020. The van der Waals surface area contributed by atoms with Gasteiger partial charge < -0.3 is 26.2 Å². The quantitative estimate of drug-likeness (QED) is 0.365. The van der Waals surface area contributed by atoms with Crippen LogP contribution >= 0.6 is 0 Å². The molecule has 0 aliphatic heterocycles. The van der Waals surface area contributed by atoms with Crippen molar-refractivity contribution >= 4 is 22.8 Å². The molecular weight excluding hydrogens is 401 g/mol. The number of hydrogen-bond acceptors (Lipinski definition) is 8. The number of hydrogen-bond donors (Lipinski definition) is 4. The van der Waals surface area contributed by atoms with Gasteiger partial charge in [-0.1, -0.05) is 13.3 Å². The summed E-state index contributed by atoms with van der Waals surface area (Å²) < 4.78 is 21.5. The Morgan fingerprint density at radius 2 is 2.06 bits per heavy atom. The molecule has 0 fully saturated rings. The Hall–Kier alpha value is -2.98. The normalized spacial score (nSPS) is 12.3. The van der Waals surface area contributed by atoms with Gasteiger partial charge in [0.25, 0.3) is 0 Å². The fourth-order valence-corrected chi connectivity index (χ4v) is 3.68. The van der Waals surface area contributed by atoms with E-state index in [1.54, 1.807) is 24.0 Å². The molecule has 0 saturated heterocycles. The summed E-state index contributed by atoms with van der Waals surface area (Å²) in [5.74, 6) is 0.814. The molecule has 0 spiro atoms. The van der Waals surface area contributed by atoms with Crippen LogP contribution in [0.1, 0.15) is 37.3 Å². The van der Waals surface area contributed by atoms with Crippen molar-refractivity contribution < 1.29 is 14.2 Å². The first-order valence-corrected chi connectivity index (χ1v) is 10.4. The Labute approximate surface area is 180 Å². The zero-order valence-electron chi connectivity index (χ0n) is 18.2. The predicted octanol–water partition coefficient (Wildman–Crippen LogP) is 2.29. The number of nitrogens with one attached hydrogen (secondary N) is 2. The summed E-state index contributed by atoms with van der Waals surface area (Å²) in [5.41, 5.74) is 8.52. The number of fused-ring (bicyclic) bond motifs is 1. The first-order valence-electron chi connectivity index (χ1n) is 10.4. The Morgan fingerprint density at radius 1 is 1.26 bits per heavy atom. The summed E-state index contributed by atoms with van der Waals surface area (Å²) in [4.78, 5) is 8.69. The lowest BCUT2D eigenvalue weighted by Gasteiger charge is -2.19. The van der Waals surface area contributed by atoms with Crippen LogP contribution in [0, 0.1) is 5.82 Å². The fourth-order valence-electron chi connectivity index (χ4n) is 3.68. The van der Waals surface area contributed by atoms with Crippen LogP contribution in [0.25, 0.3) is 11.0 Å². The number of nitrogens with two attached hydrogens (primary N) is 1. The third kappa shape index (κ3) is 5.20. The maximum atomic E-state index is 14.3. The van der Waals surface area contributed by atoms with Crippen molar-refractivity contribution in [3.8, 4) is 5.75 Å². The number of ether oxygens (including phenoxy) is 1. The van der Waals surface area contributed by atoms with Crippen molar-refractivity contribution in [3.05, 3.63) is 35.3 Å². The van der Waals surface area contributed by atoms with Gasteiger partial charge in [0.05, 0.1) is 19.9 Å². The van der Waals surface area contributed by atoms with Gasteiger partial charge in [0.15, 0.2) is 5.82 Å². The van der Waals surface area contributed by atoms with Gasteiger partial charge in [-0.3, -0.25) is 4.68 Å². The highest BCUT2D eigenvalue weighted by atomic mass is 19.1. The first kappa shape index (κ1) is 22.7. The summed E-state index contributed by atoms with van der Waals surface area (Å²) in [7, 11) is 3.28. The molecule has 3 rings (SSSR count). The number of aliphatic hydroxyl groups excluding tert-OH is 1. The molecule has 31 heavy (non-hydrogen) atoms. The number of aliphatic hydroxyl groups is 1. The minimum atomic E-state index is -0.329. The van der Waals surface area contributed by atoms with E-state index in [0.717, 1.165) is 18.4 Å². The molecule has 2 aromatic heterocycles. The molecule has 0 aliphatic carbocycles. The van der Waals surface area contributed by atoms with Crippen LogP contribution in [0.4, 0.5) is 16.2 Å². The van der Waals surface area contributed by atoms with Crippen molar-refractivity contribution in [2.45, 2.75) is 45.3 Å². The lowest BCUT2D eigenvalue weighted by Crippen LogP contribution is -2.22. The molecule has 10 heteroatoms. The van der Waals surface area contributed by atoms with Gasteiger partial charge in [0, 0.05) is 36.4 Å². The molecular formula is C21H30FN7O2. The SMILES string of the molecule is CCCC(CCO)Nc1nc(N)nc2cnn(Cc3cc(CNC)c(F)cc3OC)c12. The van der Waals surface area contributed by atoms with E-state index in [-0.39, 0.29) is 24.4 Å². The number of benzene rings is 1. The van der Waals surface area contributed by atoms with Crippen molar-refractivity contribution in [1.29, 1.82) is 0 Å². The van der Waals surface area contributed by atoms with Crippen LogP contribution in [-0.2, 0) is 13.1 Å². The smallest absolute Gasteiger partial charge is 0.222 e. The van der Waals surface area contributed by atoms with E-state index in [1.165, 1.54) is 13.2 Å². The van der Waals surface area contributed by atoms with Gasteiger partial charge in [-0.05, 0) is 26.0 Å². The van der Waals surface area contributed by atoms with Gasteiger partial charge in [-0.25, -0.2) is 9.37 Å². The Morgan fingerprint density at radius 3 is 2.74 bits per heavy atom.